The first kappa shape index (κ1) is 11.8. The van der Waals surface area contributed by atoms with Crippen molar-refractivity contribution in [2.24, 2.45) is 0 Å². The summed E-state index contributed by atoms with van der Waals surface area (Å²) in [4.78, 5) is 14.4. The third kappa shape index (κ3) is 2.07. The summed E-state index contributed by atoms with van der Waals surface area (Å²) in [5, 5.41) is 1.36. The Bertz CT molecular complexity index is 494. The van der Waals surface area contributed by atoms with E-state index in [1.54, 1.807) is 11.8 Å². The number of hydrogen-bond acceptors (Lipinski definition) is 3. The van der Waals surface area contributed by atoms with Crippen molar-refractivity contribution in [3.05, 3.63) is 46.5 Å². The second-order valence-electron chi connectivity index (χ2n) is 4.92. The molecule has 1 aromatic carbocycles. The molecule has 1 atom stereocenters. The summed E-state index contributed by atoms with van der Waals surface area (Å²) in [7, 11) is 0. The average Bonchev–Trinajstić information content (AvgIpc) is 2.69. The first-order chi connectivity index (χ1) is 8.75. The van der Waals surface area contributed by atoms with E-state index in [4.69, 9.17) is 0 Å². The quantitative estimate of drug-likeness (QED) is 0.813. The molecule has 2 aliphatic rings. The third-order valence-electron chi connectivity index (χ3n) is 3.57. The van der Waals surface area contributed by atoms with Crippen molar-refractivity contribution in [2.75, 3.05) is 6.54 Å². The molecule has 0 fully saturated rings. The van der Waals surface area contributed by atoms with Crippen LogP contribution in [0.1, 0.15) is 25.3 Å². The molecule has 0 spiro atoms. The van der Waals surface area contributed by atoms with Crippen molar-refractivity contribution in [3.63, 3.8) is 0 Å². The fourth-order valence-corrected chi connectivity index (χ4v) is 3.88. The number of ketones is 1. The van der Waals surface area contributed by atoms with Gasteiger partial charge < -0.3 is 4.90 Å². The van der Waals surface area contributed by atoms with E-state index >= 15 is 0 Å². The molecule has 0 amide bonds. The maximum atomic E-state index is 12.0. The van der Waals surface area contributed by atoms with E-state index in [1.807, 2.05) is 13.0 Å². The van der Waals surface area contributed by atoms with Gasteiger partial charge in [0.25, 0.3) is 0 Å². The summed E-state index contributed by atoms with van der Waals surface area (Å²) in [6, 6.07) is 10.5. The molecule has 0 N–H and O–H groups in total. The molecule has 0 aromatic heterocycles. The molecule has 1 unspecified atom stereocenters. The van der Waals surface area contributed by atoms with E-state index in [2.05, 4.69) is 29.2 Å². The summed E-state index contributed by atoms with van der Waals surface area (Å²) in [6.45, 7) is 4.01. The first-order valence-corrected chi connectivity index (χ1v) is 7.36. The van der Waals surface area contributed by atoms with Gasteiger partial charge in [-0.05, 0) is 25.3 Å². The SMILES string of the molecule is CC1SC2=C(CCCN2Cc2ccccc2)C1=O. The molecule has 0 radical (unpaired) electrons. The number of carbonyl (C=O) groups is 1. The van der Waals surface area contributed by atoms with Crippen LogP contribution in [-0.4, -0.2) is 22.5 Å². The van der Waals surface area contributed by atoms with Gasteiger partial charge in [0.2, 0.25) is 0 Å². The largest absolute Gasteiger partial charge is 0.362 e. The molecule has 0 saturated heterocycles. The lowest BCUT2D eigenvalue weighted by atomic mass is 10.0. The highest BCUT2D eigenvalue weighted by Crippen LogP contribution is 2.42. The van der Waals surface area contributed by atoms with Crippen LogP contribution in [-0.2, 0) is 11.3 Å². The van der Waals surface area contributed by atoms with Gasteiger partial charge in [0.1, 0.15) is 0 Å². The van der Waals surface area contributed by atoms with Crippen LogP contribution in [0.3, 0.4) is 0 Å². The molecule has 2 heterocycles. The third-order valence-corrected chi connectivity index (χ3v) is 4.87. The number of allylic oxidation sites excluding steroid dienone is 1. The van der Waals surface area contributed by atoms with E-state index in [1.165, 1.54) is 10.6 Å². The summed E-state index contributed by atoms with van der Waals surface area (Å²) in [6.07, 6.45) is 2.07. The molecule has 0 aliphatic carbocycles. The summed E-state index contributed by atoms with van der Waals surface area (Å²) in [5.74, 6) is 0.354. The monoisotopic (exact) mass is 259 g/mol. The number of carbonyl (C=O) groups excluding carboxylic acids is 1. The minimum absolute atomic E-state index is 0.117. The van der Waals surface area contributed by atoms with Gasteiger partial charge in [-0.2, -0.15) is 0 Å². The number of nitrogens with zero attached hydrogens (tertiary/aromatic N) is 1. The van der Waals surface area contributed by atoms with Crippen molar-refractivity contribution in [3.8, 4) is 0 Å². The van der Waals surface area contributed by atoms with Crippen LogP contribution < -0.4 is 0 Å². The molecule has 2 aliphatic heterocycles. The Hall–Kier alpha value is -1.22. The zero-order valence-electron chi connectivity index (χ0n) is 10.6. The van der Waals surface area contributed by atoms with Crippen LogP contribution in [0, 0.1) is 0 Å². The normalized spacial score (nSPS) is 23.5. The lowest BCUT2D eigenvalue weighted by molar-refractivity contribution is -0.114. The number of hydrogen-bond donors (Lipinski definition) is 0. The minimum Gasteiger partial charge on any atom is -0.362 e. The second kappa shape index (κ2) is 4.81. The summed E-state index contributed by atoms with van der Waals surface area (Å²) in [5.41, 5.74) is 2.40. The van der Waals surface area contributed by atoms with Crippen LogP contribution in [0.2, 0.25) is 0 Å². The maximum Gasteiger partial charge on any atom is 0.174 e. The van der Waals surface area contributed by atoms with Gasteiger partial charge in [0.15, 0.2) is 5.78 Å². The number of rotatable bonds is 2. The molecule has 3 heteroatoms. The summed E-state index contributed by atoms with van der Waals surface area (Å²) < 4.78 is 0. The zero-order valence-corrected chi connectivity index (χ0v) is 11.4. The van der Waals surface area contributed by atoms with Crippen LogP contribution >= 0.6 is 11.8 Å². The van der Waals surface area contributed by atoms with Gasteiger partial charge >= 0.3 is 0 Å². The van der Waals surface area contributed by atoms with E-state index in [0.717, 1.165) is 31.5 Å². The first-order valence-electron chi connectivity index (χ1n) is 6.48. The smallest absolute Gasteiger partial charge is 0.174 e. The molecular formula is C15H17NOS. The Labute approximate surface area is 112 Å². The lowest BCUT2D eigenvalue weighted by Crippen LogP contribution is -2.26. The predicted molar refractivity (Wildman–Crippen MR) is 75.2 cm³/mol. The molecule has 0 saturated carbocycles. The van der Waals surface area contributed by atoms with Gasteiger partial charge in [-0.3, -0.25) is 4.79 Å². The maximum absolute atomic E-state index is 12.0. The lowest BCUT2D eigenvalue weighted by Gasteiger charge is -2.30. The molecule has 3 rings (SSSR count). The molecule has 18 heavy (non-hydrogen) atoms. The predicted octanol–water partition coefficient (Wildman–Crippen LogP) is 3.20. The molecule has 0 bridgehead atoms. The molecule has 94 valence electrons. The van der Waals surface area contributed by atoms with E-state index in [9.17, 15) is 4.79 Å². The van der Waals surface area contributed by atoms with Crippen molar-refractivity contribution >= 4 is 17.5 Å². The minimum atomic E-state index is 0.117. The van der Waals surface area contributed by atoms with E-state index in [-0.39, 0.29) is 5.25 Å². The molecule has 1 aromatic rings. The Morgan fingerprint density at radius 2 is 2.11 bits per heavy atom. The Morgan fingerprint density at radius 1 is 1.33 bits per heavy atom. The van der Waals surface area contributed by atoms with Gasteiger partial charge in [0.05, 0.1) is 10.3 Å². The molecular weight excluding hydrogens is 242 g/mol. The van der Waals surface area contributed by atoms with Gasteiger partial charge in [-0.25, -0.2) is 0 Å². The van der Waals surface area contributed by atoms with Crippen molar-refractivity contribution in [1.82, 2.24) is 4.90 Å². The Balaban J connectivity index is 1.83. The van der Waals surface area contributed by atoms with Crippen LogP contribution in [0.15, 0.2) is 40.9 Å². The van der Waals surface area contributed by atoms with Crippen molar-refractivity contribution in [2.45, 2.75) is 31.6 Å². The van der Waals surface area contributed by atoms with E-state index < -0.39 is 0 Å². The van der Waals surface area contributed by atoms with Crippen molar-refractivity contribution < 1.29 is 4.79 Å². The van der Waals surface area contributed by atoms with Crippen LogP contribution in [0.25, 0.3) is 0 Å². The van der Waals surface area contributed by atoms with Gasteiger partial charge in [0, 0.05) is 18.7 Å². The Morgan fingerprint density at radius 3 is 2.89 bits per heavy atom. The fourth-order valence-electron chi connectivity index (χ4n) is 2.64. The number of thioether (sulfide) groups is 1. The molecule has 2 nitrogen and oxygen atoms in total. The van der Waals surface area contributed by atoms with Crippen LogP contribution in [0.4, 0.5) is 0 Å². The number of Topliss-reactive ketones (excluding diaryl/α,β-unsaturated/α-hetero) is 1. The highest BCUT2D eigenvalue weighted by molar-refractivity contribution is 8.04. The topological polar surface area (TPSA) is 20.3 Å². The zero-order chi connectivity index (χ0) is 12.5. The highest BCUT2D eigenvalue weighted by atomic mass is 32.2. The van der Waals surface area contributed by atoms with E-state index in [0.29, 0.717) is 5.78 Å². The number of benzene rings is 1. The average molecular weight is 259 g/mol. The standard InChI is InChI=1S/C15H17NOS/c1-11-14(17)13-8-5-9-16(15(13)18-11)10-12-6-3-2-4-7-12/h2-4,6-7,11H,5,8-10H2,1H3. The second-order valence-corrected chi connectivity index (χ2v) is 6.25. The van der Waals surface area contributed by atoms with Gasteiger partial charge in [-0.1, -0.05) is 42.1 Å². The van der Waals surface area contributed by atoms with Gasteiger partial charge in [-0.15, -0.1) is 0 Å². The van der Waals surface area contributed by atoms with Crippen LogP contribution in [0.5, 0.6) is 0 Å². The van der Waals surface area contributed by atoms with Crippen molar-refractivity contribution in [1.29, 1.82) is 0 Å². The fraction of sp³-hybridized carbons (Fsp3) is 0.400. The highest BCUT2D eigenvalue weighted by Gasteiger charge is 2.35. The summed E-state index contributed by atoms with van der Waals surface area (Å²) >= 11 is 1.74. The Kier molecular flexibility index (Phi) is 3.16.